The van der Waals surface area contributed by atoms with Crippen molar-refractivity contribution in [3.63, 3.8) is 0 Å². The van der Waals surface area contributed by atoms with Crippen LogP contribution in [0.25, 0.3) is 10.8 Å². The van der Waals surface area contributed by atoms with E-state index >= 15 is 0 Å². The number of amides is 2. The van der Waals surface area contributed by atoms with Crippen molar-refractivity contribution in [2.75, 3.05) is 17.2 Å². The molecule has 0 atom stereocenters. The minimum Gasteiger partial charge on any atom is -0.483 e. The summed E-state index contributed by atoms with van der Waals surface area (Å²) >= 11 is 3.55. The lowest BCUT2D eigenvalue weighted by atomic mass is 10.1. The van der Waals surface area contributed by atoms with Crippen LogP contribution in [0.5, 0.6) is 5.75 Å². The van der Waals surface area contributed by atoms with Gasteiger partial charge in [-0.2, -0.15) is 0 Å². The Kier molecular flexibility index (Phi) is 6.52. The zero-order chi connectivity index (χ0) is 22.5. The van der Waals surface area contributed by atoms with Gasteiger partial charge in [0.2, 0.25) is 0 Å². The number of halogens is 1. The topological polar surface area (TPSA) is 67.4 Å². The van der Waals surface area contributed by atoms with E-state index in [0.717, 1.165) is 26.5 Å². The number of aryl methyl sites for hydroxylation is 1. The SMILES string of the molecule is Cc1cccc(NC(=O)c2cccc(NC(=O)COc3ccc4ccccc4c3Br)c2)c1. The highest BCUT2D eigenvalue weighted by atomic mass is 79.9. The third-order valence-electron chi connectivity index (χ3n) is 4.87. The molecule has 0 heterocycles. The lowest BCUT2D eigenvalue weighted by Crippen LogP contribution is -2.20. The number of hydrogen-bond donors (Lipinski definition) is 2. The first-order valence-electron chi connectivity index (χ1n) is 10.1. The lowest BCUT2D eigenvalue weighted by Gasteiger charge is -2.11. The minimum atomic E-state index is -0.318. The van der Waals surface area contributed by atoms with Crippen molar-refractivity contribution in [3.05, 3.63) is 101 Å². The van der Waals surface area contributed by atoms with Crippen molar-refractivity contribution in [2.24, 2.45) is 0 Å². The molecule has 0 radical (unpaired) electrons. The molecule has 0 saturated heterocycles. The van der Waals surface area contributed by atoms with Gasteiger partial charge in [0.05, 0.1) is 4.47 Å². The number of anilines is 2. The van der Waals surface area contributed by atoms with Crippen molar-refractivity contribution < 1.29 is 14.3 Å². The Bertz CT molecular complexity index is 1300. The molecule has 4 aromatic carbocycles. The largest absolute Gasteiger partial charge is 0.483 e. The normalized spacial score (nSPS) is 10.6. The molecule has 0 aliphatic rings. The van der Waals surface area contributed by atoms with Crippen molar-refractivity contribution in [1.29, 1.82) is 0 Å². The first-order chi connectivity index (χ1) is 15.5. The first-order valence-corrected chi connectivity index (χ1v) is 10.9. The highest BCUT2D eigenvalue weighted by Gasteiger charge is 2.11. The molecule has 0 aliphatic carbocycles. The van der Waals surface area contributed by atoms with E-state index in [-0.39, 0.29) is 18.4 Å². The molecule has 0 unspecified atom stereocenters. The van der Waals surface area contributed by atoms with Crippen LogP contribution in [-0.2, 0) is 4.79 Å². The monoisotopic (exact) mass is 488 g/mol. The van der Waals surface area contributed by atoms with Gasteiger partial charge in [-0.1, -0.05) is 48.5 Å². The number of rotatable bonds is 6. The molecule has 4 aromatic rings. The van der Waals surface area contributed by atoms with Crippen LogP contribution in [0.2, 0.25) is 0 Å². The average molecular weight is 489 g/mol. The molecule has 0 aliphatic heterocycles. The second-order valence-corrected chi connectivity index (χ2v) is 8.13. The van der Waals surface area contributed by atoms with Gasteiger partial charge < -0.3 is 15.4 Å². The van der Waals surface area contributed by atoms with Crippen molar-refractivity contribution in [2.45, 2.75) is 6.92 Å². The van der Waals surface area contributed by atoms with E-state index in [1.807, 2.05) is 67.6 Å². The number of benzene rings is 4. The fraction of sp³-hybridized carbons (Fsp3) is 0.0769. The highest BCUT2D eigenvalue weighted by molar-refractivity contribution is 9.10. The molecule has 160 valence electrons. The molecule has 2 N–H and O–H groups in total. The van der Waals surface area contributed by atoms with Crippen molar-refractivity contribution in [1.82, 2.24) is 0 Å². The Hall–Kier alpha value is -3.64. The molecule has 0 aromatic heterocycles. The number of carbonyl (C=O) groups excluding carboxylic acids is 2. The van der Waals surface area contributed by atoms with Gasteiger partial charge in [-0.3, -0.25) is 9.59 Å². The van der Waals surface area contributed by atoms with Crippen LogP contribution in [0.15, 0.2) is 89.4 Å². The fourth-order valence-corrected chi connectivity index (χ4v) is 3.94. The van der Waals surface area contributed by atoms with Crippen molar-refractivity contribution in [3.8, 4) is 5.75 Å². The Morgan fingerprint density at radius 2 is 1.59 bits per heavy atom. The summed E-state index contributed by atoms with van der Waals surface area (Å²) in [4.78, 5) is 25.0. The Morgan fingerprint density at radius 1 is 0.844 bits per heavy atom. The average Bonchev–Trinajstić information content (AvgIpc) is 2.79. The minimum absolute atomic E-state index is 0.156. The maximum absolute atomic E-state index is 12.6. The predicted molar refractivity (Wildman–Crippen MR) is 131 cm³/mol. The van der Waals surface area contributed by atoms with Gasteiger partial charge in [0.25, 0.3) is 11.8 Å². The van der Waals surface area contributed by atoms with Gasteiger partial charge in [0, 0.05) is 16.9 Å². The molecule has 0 bridgehead atoms. The molecule has 0 saturated carbocycles. The third-order valence-corrected chi connectivity index (χ3v) is 5.69. The summed E-state index contributed by atoms with van der Waals surface area (Å²) in [5.74, 6) is 0.0227. The van der Waals surface area contributed by atoms with Gasteiger partial charge in [-0.15, -0.1) is 0 Å². The van der Waals surface area contributed by atoms with Crippen LogP contribution < -0.4 is 15.4 Å². The molecular formula is C26H21BrN2O3. The molecular weight excluding hydrogens is 468 g/mol. The molecule has 2 amide bonds. The maximum Gasteiger partial charge on any atom is 0.262 e. The van der Waals surface area contributed by atoms with Gasteiger partial charge in [-0.05, 0) is 75.6 Å². The Morgan fingerprint density at radius 3 is 2.41 bits per heavy atom. The van der Waals surface area contributed by atoms with Crippen LogP contribution in [0, 0.1) is 6.92 Å². The van der Waals surface area contributed by atoms with E-state index in [4.69, 9.17) is 4.74 Å². The lowest BCUT2D eigenvalue weighted by molar-refractivity contribution is -0.118. The zero-order valence-corrected chi connectivity index (χ0v) is 19.0. The highest BCUT2D eigenvalue weighted by Crippen LogP contribution is 2.33. The van der Waals surface area contributed by atoms with Gasteiger partial charge in [0.1, 0.15) is 5.75 Å². The van der Waals surface area contributed by atoms with E-state index < -0.39 is 0 Å². The second kappa shape index (κ2) is 9.66. The summed E-state index contributed by atoms with van der Waals surface area (Å²) in [7, 11) is 0. The smallest absolute Gasteiger partial charge is 0.262 e. The number of ether oxygens (including phenoxy) is 1. The summed E-state index contributed by atoms with van der Waals surface area (Å²) in [6.45, 7) is 1.81. The van der Waals surface area contributed by atoms with Gasteiger partial charge in [-0.25, -0.2) is 0 Å². The number of nitrogens with one attached hydrogen (secondary N) is 2. The van der Waals surface area contributed by atoms with E-state index in [2.05, 4.69) is 26.6 Å². The van der Waals surface area contributed by atoms with E-state index in [9.17, 15) is 9.59 Å². The van der Waals surface area contributed by atoms with Crippen LogP contribution in [0.3, 0.4) is 0 Å². The van der Waals surface area contributed by atoms with Crippen LogP contribution in [0.4, 0.5) is 11.4 Å². The Labute approximate surface area is 194 Å². The van der Waals surface area contributed by atoms with Crippen LogP contribution >= 0.6 is 15.9 Å². The third kappa shape index (κ3) is 5.15. The second-order valence-electron chi connectivity index (χ2n) is 7.34. The molecule has 0 spiro atoms. The summed E-state index contributed by atoms with van der Waals surface area (Å²) in [6.07, 6.45) is 0. The Balaban J connectivity index is 1.38. The fourth-order valence-electron chi connectivity index (χ4n) is 3.33. The van der Waals surface area contributed by atoms with E-state index in [1.165, 1.54) is 0 Å². The molecule has 32 heavy (non-hydrogen) atoms. The van der Waals surface area contributed by atoms with Gasteiger partial charge in [0.15, 0.2) is 6.61 Å². The first kappa shape index (κ1) is 21.6. The van der Waals surface area contributed by atoms with Crippen LogP contribution in [-0.4, -0.2) is 18.4 Å². The maximum atomic E-state index is 12.6. The number of fused-ring (bicyclic) bond motifs is 1. The predicted octanol–water partition coefficient (Wildman–Crippen LogP) is 6.18. The van der Waals surface area contributed by atoms with Gasteiger partial charge >= 0.3 is 0 Å². The van der Waals surface area contributed by atoms with Crippen LogP contribution in [0.1, 0.15) is 15.9 Å². The molecule has 4 rings (SSSR count). The number of hydrogen-bond acceptors (Lipinski definition) is 3. The molecule has 0 fully saturated rings. The standard InChI is InChI=1S/C26H21BrN2O3/c1-17-6-4-9-20(14-17)29-26(31)19-8-5-10-21(15-19)28-24(30)16-32-23-13-12-18-7-2-3-11-22(18)25(23)27/h2-15H,16H2,1H3,(H,28,30)(H,29,31). The summed E-state index contributed by atoms with van der Waals surface area (Å²) in [6, 6.07) is 26.1. The van der Waals surface area contributed by atoms with Crippen molar-refractivity contribution >= 4 is 49.9 Å². The quantitative estimate of drug-likeness (QED) is 0.340. The molecule has 6 heteroatoms. The number of carbonyl (C=O) groups is 2. The zero-order valence-electron chi connectivity index (χ0n) is 17.4. The van der Waals surface area contributed by atoms with E-state index in [1.54, 1.807) is 24.3 Å². The summed E-state index contributed by atoms with van der Waals surface area (Å²) in [5, 5.41) is 7.74. The van der Waals surface area contributed by atoms with E-state index in [0.29, 0.717) is 17.0 Å². The molecule has 5 nitrogen and oxygen atoms in total. The summed E-state index contributed by atoms with van der Waals surface area (Å²) < 4.78 is 6.51. The summed E-state index contributed by atoms with van der Waals surface area (Å²) in [5.41, 5.74) is 2.75.